The van der Waals surface area contributed by atoms with Crippen molar-refractivity contribution in [3.05, 3.63) is 15.1 Å². The number of amides is 1. The number of aromatic nitrogens is 1. The standard InChI is InChI=1S/C13H16Cl2N2O3S/c1-2-8(12(18)16-7-5-3-4-6-7)20-13(19)10-9(14)11(15)21-17-10/h7-8H,2-6H2,1H3,(H,16,18)/t8-/m0/s1. The molecular weight excluding hydrogens is 335 g/mol. The fraction of sp³-hybridized carbons (Fsp3) is 0.615. The molecule has 21 heavy (non-hydrogen) atoms. The molecule has 5 nitrogen and oxygen atoms in total. The van der Waals surface area contributed by atoms with Gasteiger partial charge in [0, 0.05) is 6.04 Å². The van der Waals surface area contributed by atoms with E-state index < -0.39 is 12.1 Å². The number of hydrogen-bond acceptors (Lipinski definition) is 5. The molecule has 8 heteroatoms. The topological polar surface area (TPSA) is 68.3 Å². The first kappa shape index (κ1) is 16.5. The van der Waals surface area contributed by atoms with E-state index in [9.17, 15) is 9.59 Å². The van der Waals surface area contributed by atoms with Crippen molar-refractivity contribution in [3.8, 4) is 0 Å². The lowest BCUT2D eigenvalue weighted by atomic mass is 10.2. The van der Waals surface area contributed by atoms with Crippen LogP contribution in [0.2, 0.25) is 9.36 Å². The van der Waals surface area contributed by atoms with E-state index in [0.29, 0.717) is 6.42 Å². The zero-order chi connectivity index (χ0) is 15.4. The molecule has 0 aliphatic heterocycles. The average Bonchev–Trinajstić information content (AvgIpc) is 3.07. The molecule has 2 rings (SSSR count). The summed E-state index contributed by atoms with van der Waals surface area (Å²) in [5.41, 5.74) is -0.0428. The van der Waals surface area contributed by atoms with Gasteiger partial charge in [-0.05, 0) is 30.8 Å². The van der Waals surface area contributed by atoms with Crippen molar-refractivity contribution in [1.29, 1.82) is 0 Å². The third-order valence-corrected chi connectivity index (χ3v) is 5.02. The molecule has 0 aromatic carbocycles. The van der Waals surface area contributed by atoms with Gasteiger partial charge in [0.25, 0.3) is 5.91 Å². The Kier molecular flexibility index (Phi) is 5.84. The minimum absolute atomic E-state index is 0.0428. The summed E-state index contributed by atoms with van der Waals surface area (Å²) in [6.45, 7) is 1.78. The molecule has 0 saturated heterocycles. The second-order valence-corrected chi connectivity index (χ2v) is 6.66. The molecule has 1 aromatic rings. The summed E-state index contributed by atoms with van der Waals surface area (Å²) >= 11 is 12.5. The van der Waals surface area contributed by atoms with Crippen molar-refractivity contribution in [2.75, 3.05) is 0 Å². The molecule has 0 bridgehead atoms. The van der Waals surface area contributed by atoms with Crippen LogP contribution in [-0.2, 0) is 9.53 Å². The van der Waals surface area contributed by atoms with Crippen molar-refractivity contribution < 1.29 is 14.3 Å². The van der Waals surface area contributed by atoms with Crippen LogP contribution in [0, 0.1) is 0 Å². The summed E-state index contributed by atoms with van der Waals surface area (Å²) in [5, 5.41) is 2.98. The fourth-order valence-corrected chi connectivity index (χ4v) is 3.24. The molecule has 1 N–H and O–H groups in total. The fourth-order valence-electron chi connectivity index (χ4n) is 2.26. The lowest BCUT2D eigenvalue weighted by Crippen LogP contribution is -2.42. The van der Waals surface area contributed by atoms with E-state index in [0.717, 1.165) is 37.2 Å². The summed E-state index contributed by atoms with van der Waals surface area (Å²) in [5.74, 6) is -0.994. The Morgan fingerprint density at radius 3 is 2.62 bits per heavy atom. The molecule has 1 saturated carbocycles. The summed E-state index contributed by atoms with van der Waals surface area (Å²) in [7, 11) is 0. The van der Waals surface area contributed by atoms with Crippen LogP contribution in [0.1, 0.15) is 49.5 Å². The van der Waals surface area contributed by atoms with Crippen LogP contribution in [-0.4, -0.2) is 28.4 Å². The van der Waals surface area contributed by atoms with Gasteiger partial charge in [-0.2, -0.15) is 4.37 Å². The average molecular weight is 351 g/mol. The van der Waals surface area contributed by atoms with E-state index in [2.05, 4.69) is 9.69 Å². The lowest BCUT2D eigenvalue weighted by molar-refractivity contribution is -0.130. The first-order valence-electron chi connectivity index (χ1n) is 6.85. The number of carbonyl (C=O) groups is 2. The van der Waals surface area contributed by atoms with Gasteiger partial charge in [-0.25, -0.2) is 4.79 Å². The van der Waals surface area contributed by atoms with Crippen molar-refractivity contribution in [3.63, 3.8) is 0 Å². The smallest absolute Gasteiger partial charge is 0.360 e. The second-order valence-electron chi connectivity index (χ2n) is 4.91. The van der Waals surface area contributed by atoms with Gasteiger partial charge in [0.05, 0.1) is 0 Å². The molecule has 1 aliphatic rings. The molecule has 0 spiro atoms. The molecule has 1 aliphatic carbocycles. The highest BCUT2D eigenvalue weighted by molar-refractivity contribution is 7.11. The van der Waals surface area contributed by atoms with E-state index in [1.165, 1.54) is 0 Å². The highest BCUT2D eigenvalue weighted by Crippen LogP contribution is 2.30. The van der Waals surface area contributed by atoms with Crippen LogP contribution in [0.3, 0.4) is 0 Å². The molecule has 1 fully saturated rings. The Hall–Kier alpha value is -0.850. The maximum absolute atomic E-state index is 12.1. The van der Waals surface area contributed by atoms with E-state index in [-0.39, 0.29) is 27.0 Å². The predicted octanol–water partition coefficient (Wildman–Crippen LogP) is 3.44. The number of rotatable bonds is 5. The minimum atomic E-state index is -0.838. The van der Waals surface area contributed by atoms with E-state index in [1.807, 2.05) is 0 Å². The van der Waals surface area contributed by atoms with Crippen LogP contribution >= 0.6 is 34.7 Å². The largest absolute Gasteiger partial charge is 0.447 e. The number of halogens is 2. The Bertz CT molecular complexity index is 529. The molecule has 1 aromatic heterocycles. The third-order valence-electron chi connectivity index (χ3n) is 3.40. The highest BCUT2D eigenvalue weighted by Gasteiger charge is 2.28. The van der Waals surface area contributed by atoms with Gasteiger partial charge in [0.1, 0.15) is 9.36 Å². The first-order valence-corrected chi connectivity index (χ1v) is 8.37. The van der Waals surface area contributed by atoms with Gasteiger partial charge in [-0.15, -0.1) is 0 Å². The van der Waals surface area contributed by atoms with Crippen LogP contribution in [0.25, 0.3) is 0 Å². The molecule has 1 heterocycles. The van der Waals surface area contributed by atoms with Gasteiger partial charge >= 0.3 is 5.97 Å². The molecule has 1 amide bonds. The number of carbonyl (C=O) groups excluding carboxylic acids is 2. The first-order chi connectivity index (χ1) is 10.0. The molecule has 0 unspecified atom stereocenters. The SMILES string of the molecule is CC[C@H](OC(=O)c1nsc(Cl)c1Cl)C(=O)NC1CCCC1. The van der Waals surface area contributed by atoms with Crippen LogP contribution < -0.4 is 5.32 Å². The second kappa shape index (κ2) is 7.42. The zero-order valence-electron chi connectivity index (χ0n) is 11.5. The van der Waals surface area contributed by atoms with Gasteiger partial charge < -0.3 is 10.1 Å². The van der Waals surface area contributed by atoms with E-state index in [1.54, 1.807) is 6.92 Å². The molecule has 0 radical (unpaired) electrons. The number of esters is 1. The van der Waals surface area contributed by atoms with E-state index in [4.69, 9.17) is 27.9 Å². The van der Waals surface area contributed by atoms with Crippen molar-refractivity contribution in [2.45, 2.75) is 51.2 Å². The summed E-state index contributed by atoms with van der Waals surface area (Å²) < 4.78 is 9.27. The maximum Gasteiger partial charge on any atom is 0.360 e. The number of hydrogen-bond donors (Lipinski definition) is 1. The Morgan fingerprint density at radius 1 is 1.43 bits per heavy atom. The third kappa shape index (κ3) is 4.08. The van der Waals surface area contributed by atoms with Crippen molar-refractivity contribution in [2.24, 2.45) is 0 Å². The molecule has 1 atom stereocenters. The Balaban J connectivity index is 1.96. The summed E-state index contributed by atoms with van der Waals surface area (Å²) in [6, 6.07) is 0.183. The van der Waals surface area contributed by atoms with Crippen LogP contribution in [0.15, 0.2) is 0 Å². The minimum Gasteiger partial charge on any atom is -0.447 e. The Morgan fingerprint density at radius 2 is 2.10 bits per heavy atom. The number of ether oxygens (including phenoxy) is 1. The molecular formula is C13H16Cl2N2O3S. The van der Waals surface area contributed by atoms with Crippen molar-refractivity contribution >= 4 is 46.6 Å². The lowest BCUT2D eigenvalue weighted by Gasteiger charge is -2.18. The van der Waals surface area contributed by atoms with Crippen LogP contribution in [0.5, 0.6) is 0 Å². The van der Waals surface area contributed by atoms with E-state index >= 15 is 0 Å². The molecule has 116 valence electrons. The zero-order valence-corrected chi connectivity index (χ0v) is 13.9. The van der Waals surface area contributed by atoms with Gasteiger partial charge in [0.2, 0.25) is 0 Å². The normalized spacial score (nSPS) is 16.7. The van der Waals surface area contributed by atoms with Gasteiger partial charge in [-0.1, -0.05) is 43.0 Å². The van der Waals surface area contributed by atoms with Gasteiger partial charge in [-0.3, -0.25) is 4.79 Å². The summed E-state index contributed by atoms with van der Waals surface area (Å²) in [6.07, 6.45) is 3.74. The van der Waals surface area contributed by atoms with Gasteiger partial charge in [0.15, 0.2) is 11.8 Å². The van der Waals surface area contributed by atoms with Crippen molar-refractivity contribution in [1.82, 2.24) is 9.69 Å². The maximum atomic E-state index is 12.1. The summed E-state index contributed by atoms with van der Waals surface area (Å²) in [4.78, 5) is 24.1. The highest BCUT2D eigenvalue weighted by atomic mass is 35.5. The van der Waals surface area contributed by atoms with Crippen LogP contribution in [0.4, 0.5) is 0 Å². The Labute approximate surface area is 137 Å². The number of nitrogens with zero attached hydrogens (tertiary/aromatic N) is 1. The number of nitrogens with one attached hydrogen (secondary N) is 1. The quantitative estimate of drug-likeness (QED) is 0.825. The monoisotopic (exact) mass is 350 g/mol. The predicted molar refractivity (Wildman–Crippen MR) is 82.0 cm³/mol.